The van der Waals surface area contributed by atoms with Crippen molar-refractivity contribution < 1.29 is 4.79 Å². The Hall–Kier alpha value is -2.54. The van der Waals surface area contributed by atoms with Crippen molar-refractivity contribution in [2.45, 2.75) is 0 Å². The van der Waals surface area contributed by atoms with Crippen LogP contribution in [0.1, 0.15) is 15.9 Å². The first-order valence-electron chi connectivity index (χ1n) is 4.59. The van der Waals surface area contributed by atoms with Crippen LogP contribution in [0.4, 0.5) is 0 Å². The van der Waals surface area contributed by atoms with E-state index in [0.29, 0.717) is 11.1 Å². The summed E-state index contributed by atoms with van der Waals surface area (Å²) in [6.07, 6.45) is 6.97. The normalized spacial score (nSPS) is 9.44. The Balaban J connectivity index is 2.50. The van der Waals surface area contributed by atoms with Crippen molar-refractivity contribution in [2.24, 2.45) is 0 Å². The molecule has 0 aliphatic rings. The van der Waals surface area contributed by atoms with Crippen molar-refractivity contribution in [1.82, 2.24) is 9.97 Å². The van der Waals surface area contributed by atoms with E-state index in [-0.39, 0.29) is 0 Å². The minimum Gasteiger partial charge on any atom is -0.298 e. The summed E-state index contributed by atoms with van der Waals surface area (Å²) in [4.78, 5) is 18.5. The molecule has 0 spiro atoms. The van der Waals surface area contributed by atoms with Crippen LogP contribution < -0.4 is 0 Å². The van der Waals surface area contributed by atoms with Crippen molar-refractivity contribution in [3.05, 3.63) is 48.0 Å². The number of nitrogens with zero attached hydrogens (tertiary/aromatic N) is 3. The molecule has 4 nitrogen and oxygen atoms in total. The highest BCUT2D eigenvalue weighted by atomic mass is 16.1. The lowest BCUT2D eigenvalue weighted by molar-refractivity contribution is 0.112. The van der Waals surface area contributed by atoms with E-state index in [1.807, 2.05) is 6.07 Å². The van der Waals surface area contributed by atoms with Crippen LogP contribution in [-0.2, 0) is 0 Å². The van der Waals surface area contributed by atoms with Gasteiger partial charge in [0.25, 0.3) is 0 Å². The Morgan fingerprint density at radius 2 is 1.75 bits per heavy atom. The number of hydrogen-bond donors (Lipinski definition) is 0. The fourth-order valence-electron chi connectivity index (χ4n) is 1.34. The SMILES string of the molecule is N#Cc1cncc(-c2cncc(C=O)c2)c1. The van der Waals surface area contributed by atoms with Crippen LogP contribution >= 0.6 is 0 Å². The van der Waals surface area contributed by atoms with Crippen LogP contribution in [0, 0.1) is 11.3 Å². The maximum atomic E-state index is 10.6. The van der Waals surface area contributed by atoms with Gasteiger partial charge in [0, 0.05) is 41.5 Å². The van der Waals surface area contributed by atoms with Gasteiger partial charge < -0.3 is 0 Å². The number of nitriles is 1. The lowest BCUT2D eigenvalue weighted by atomic mass is 10.1. The Bertz CT molecular complexity index is 572. The van der Waals surface area contributed by atoms with E-state index in [2.05, 4.69) is 9.97 Å². The topological polar surface area (TPSA) is 66.6 Å². The van der Waals surface area contributed by atoms with Gasteiger partial charge in [-0.1, -0.05) is 0 Å². The third-order valence-corrected chi connectivity index (χ3v) is 2.10. The maximum Gasteiger partial charge on any atom is 0.151 e. The van der Waals surface area contributed by atoms with Crippen LogP contribution in [0.3, 0.4) is 0 Å². The van der Waals surface area contributed by atoms with Gasteiger partial charge in [-0.2, -0.15) is 5.26 Å². The van der Waals surface area contributed by atoms with E-state index in [4.69, 9.17) is 5.26 Å². The zero-order chi connectivity index (χ0) is 11.4. The summed E-state index contributed by atoms with van der Waals surface area (Å²) < 4.78 is 0. The Morgan fingerprint density at radius 3 is 2.44 bits per heavy atom. The van der Waals surface area contributed by atoms with E-state index in [1.165, 1.54) is 12.4 Å². The van der Waals surface area contributed by atoms with Crippen molar-refractivity contribution in [3.8, 4) is 17.2 Å². The van der Waals surface area contributed by atoms with Gasteiger partial charge in [0.15, 0.2) is 6.29 Å². The number of hydrogen-bond acceptors (Lipinski definition) is 4. The molecule has 2 rings (SSSR count). The number of rotatable bonds is 2. The van der Waals surface area contributed by atoms with Crippen molar-refractivity contribution >= 4 is 6.29 Å². The summed E-state index contributed by atoms with van der Waals surface area (Å²) in [5.41, 5.74) is 2.53. The number of pyridine rings is 2. The van der Waals surface area contributed by atoms with E-state index in [9.17, 15) is 4.79 Å². The first-order chi connectivity index (χ1) is 7.83. The Morgan fingerprint density at radius 1 is 1.06 bits per heavy atom. The molecule has 0 bridgehead atoms. The molecule has 0 aromatic carbocycles. The first-order valence-corrected chi connectivity index (χ1v) is 4.59. The second-order valence-electron chi connectivity index (χ2n) is 3.20. The van der Waals surface area contributed by atoms with Crippen LogP contribution in [0.2, 0.25) is 0 Å². The number of carbonyl (C=O) groups excluding carboxylic acids is 1. The molecule has 2 aromatic heterocycles. The van der Waals surface area contributed by atoms with Gasteiger partial charge in [0.2, 0.25) is 0 Å². The molecule has 0 radical (unpaired) electrons. The molecular formula is C12H7N3O. The molecule has 0 saturated heterocycles. The average molecular weight is 209 g/mol. The molecule has 0 aliphatic heterocycles. The van der Waals surface area contributed by atoms with E-state index in [0.717, 1.165) is 17.4 Å². The standard InChI is InChI=1S/C12H7N3O/c13-3-9-1-11(6-14-4-9)12-2-10(8-16)5-15-7-12/h1-2,4-8H. The zero-order valence-electron chi connectivity index (χ0n) is 8.29. The lowest BCUT2D eigenvalue weighted by Gasteiger charge is -2.01. The summed E-state index contributed by atoms with van der Waals surface area (Å²) >= 11 is 0. The van der Waals surface area contributed by atoms with Gasteiger partial charge >= 0.3 is 0 Å². The summed E-state index contributed by atoms with van der Waals surface area (Å²) in [6, 6.07) is 5.43. The molecule has 0 unspecified atom stereocenters. The highest BCUT2D eigenvalue weighted by Gasteiger charge is 2.01. The largest absolute Gasteiger partial charge is 0.298 e. The summed E-state index contributed by atoms with van der Waals surface area (Å²) in [5.74, 6) is 0. The zero-order valence-corrected chi connectivity index (χ0v) is 8.29. The second-order valence-corrected chi connectivity index (χ2v) is 3.20. The van der Waals surface area contributed by atoms with Crippen molar-refractivity contribution in [3.63, 3.8) is 0 Å². The van der Waals surface area contributed by atoms with Crippen molar-refractivity contribution in [1.29, 1.82) is 5.26 Å². The summed E-state index contributed by atoms with van der Waals surface area (Å²) in [6.45, 7) is 0. The van der Waals surface area contributed by atoms with Gasteiger partial charge in [-0.05, 0) is 12.1 Å². The van der Waals surface area contributed by atoms with Gasteiger partial charge in [-0.25, -0.2) is 0 Å². The molecule has 0 saturated carbocycles. The predicted molar refractivity (Wildman–Crippen MR) is 57.6 cm³/mol. The predicted octanol–water partition coefficient (Wildman–Crippen LogP) is 1.83. The molecular weight excluding hydrogens is 202 g/mol. The second kappa shape index (κ2) is 4.32. The van der Waals surface area contributed by atoms with Gasteiger partial charge in [-0.15, -0.1) is 0 Å². The lowest BCUT2D eigenvalue weighted by Crippen LogP contribution is -1.87. The molecule has 0 aliphatic carbocycles. The molecule has 16 heavy (non-hydrogen) atoms. The molecule has 0 N–H and O–H groups in total. The van der Waals surface area contributed by atoms with E-state index in [1.54, 1.807) is 24.5 Å². The monoisotopic (exact) mass is 209 g/mol. The first kappa shape index (κ1) is 9.99. The summed E-state index contributed by atoms with van der Waals surface area (Å²) in [7, 11) is 0. The third-order valence-electron chi connectivity index (χ3n) is 2.10. The quantitative estimate of drug-likeness (QED) is 0.707. The summed E-state index contributed by atoms with van der Waals surface area (Å²) in [5, 5.41) is 8.75. The highest BCUT2D eigenvalue weighted by molar-refractivity contribution is 5.77. The van der Waals surface area contributed by atoms with Crippen LogP contribution in [0.15, 0.2) is 36.9 Å². The maximum absolute atomic E-state index is 10.6. The fourth-order valence-corrected chi connectivity index (χ4v) is 1.34. The van der Waals surface area contributed by atoms with Gasteiger partial charge in [0.05, 0.1) is 5.56 Å². The number of carbonyl (C=O) groups is 1. The van der Waals surface area contributed by atoms with Crippen LogP contribution in [0.5, 0.6) is 0 Å². The Kier molecular flexibility index (Phi) is 2.70. The number of aromatic nitrogens is 2. The Labute approximate surface area is 92.2 Å². The molecule has 0 amide bonds. The highest BCUT2D eigenvalue weighted by Crippen LogP contribution is 2.18. The van der Waals surface area contributed by atoms with Gasteiger partial charge in [-0.3, -0.25) is 14.8 Å². The molecule has 0 fully saturated rings. The van der Waals surface area contributed by atoms with Gasteiger partial charge in [0.1, 0.15) is 6.07 Å². The third kappa shape index (κ3) is 1.93. The van der Waals surface area contributed by atoms with Crippen LogP contribution in [-0.4, -0.2) is 16.3 Å². The fraction of sp³-hybridized carbons (Fsp3) is 0. The van der Waals surface area contributed by atoms with E-state index < -0.39 is 0 Å². The molecule has 2 heterocycles. The minimum absolute atomic E-state index is 0.481. The van der Waals surface area contributed by atoms with Crippen LogP contribution in [0.25, 0.3) is 11.1 Å². The smallest absolute Gasteiger partial charge is 0.151 e. The number of aldehydes is 1. The minimum atomic E-state index is 0.481. The molecule has 0 atom stereocenters. The van der Waals surface area contributed by atoms with E-state index >= 15 is 0 Å². The molecule has 4 heteroatoms. The molecule has 76 valence electrons. The average Bonchev–Trinajstić information content (AvgIpc) is 2.39. The molecule has 2 aromatic rings. The van der Waals surface area contributed by atoms with Crippen molar-refractivity contribution in [2.75, 3.05) is 0 Å².